The maximum Gasteiger partial charge on any atom is 0.165 e. The quantitative estimate of drug-likeness (QED) is 0.709. The second-order valence-electron chi connectivity index (χ2n) is 3.67. The average Bonchev–Trinajstić information content (AvgIpc) is 2.32. The molecule has 0 aliphatic heterocycles. The molecule has 0 aromatic heterocycles. The van der Waals surface area contributed by atoms with E-state index in [-0.39, 0.29) is 5.82 Å². The van der Waals surface area contributed by atoms with Crippen molar-refractivity contribution in [3.63, 3.8) is 0 Å². The van der Waals surface area contributed by atoms with Gasteiger partial charge in [0.05, 0.1) is 6.61 Å². The third-order valence-electron chi connectivity index (χ3n) is 2.35. The van der Waals surface area contributed by atoms with Gasteiger partial charge in [-0.25, -0.2) is 4.39 Å². The minimum Gasteiger partial charge on any atom is -0.490 e. The van der Waals surface area contributed by atoms with Gasteiger partial charge in [0.25, 0.3) is 0 Å². The third-order valence-corrected chi connectivity index (χ3v) is 2.35. The van der Waals surface area contributed by atoms with Crippen LogP contribution in [-0.2, 0) is 11.2 Å². The highest BCUT2D eigenvalue weighted by molar-refractivity contribution is 5.35. The molecule has 2 N–H and O–H groups in total. The molecule has 0 fully saturated rings. The van der Waals surface area contributed by atoms with E-state index >= 15 is 0 Å². The van der Waals surface area contributed by atoms with Crippen LogP contribution in [0.15, 0.2) is 18.2 Å². The van der Waals surface area contributed by atoms with Gasteiger partial charge in [0, 0.05) is 19.6 Å². The van der Waals surface area contributed by atoms with E-state index in [0.29, 0.717) is 38.5 Å². The molecule has 1 rings (SSSR count). The Morgan fingerprint density at radius 1 is 1.29 bits per heavy atom. The molecule has 0 heterocycles. The van der Waals surface area contributed by atoms with E-state index in [2.05, 4.69) is 0 Å². The van der Waals surface area contributed by atoms with Crippen LogP contribution in [0, 0.1) is 5.82 Å². The molecular weight excluding hydrogens is 221 g/mol. The van der Waals surface area contributed by atoms with E-state index in [0.717, 1.165) is 12.0 Å². The molecule has 4 heteroatoms. The molecule has 0 unspecified atom stereocenters. The Bertz CT molecular complexity index is 331. The van der Waals surface area contributed by atoms with E-state index in [4.69, 9.17) is 15.2 Å². The van der Waals surface area contributed by atoms with E-state index in [1.165, 1.54) is 6.07 Å². The van der Waals surface area contributed by atoms with Crippen LogP contribution in [0.1, 0.15) is 18.9 Å². The van der Waals surface area contributed by atoms with Crippen LogP contribution in [0.3, 0.4) is 0 Å². The normalized spacial score (nSPS) is 10.5. The molecule has 17 heavy (non-hydrogen) atoms. The minimum absolute atomic E-state index is 0.327. The highest BCUT2D eigenvalue weighted by Crippen LogP contribution is 2.23. The van der Waals surface area contributed by atoms with Gasteiger partial charge >= 0.3 is 0 Å². The zero-order chi connectivity index (χ0) is 12.5. The van der Waals surface area contributed by atoms with E-state index in [1.54, 1.807) is 6.07 Å². The van der Waals surface area contributed by atoms with Crippen molar-refractivity contribution in [1.29, 1.82) is 0 Å². The first-order valence-corrected chi connectivity index (χ1v) is 5.97. The van der Waals surface area contributed by atoms with Gasteiger partial charge in [-0.2, -0.15) is 0 Å². The molecule has 0 saturated heterocycles. The van der Waals surface area contributed by atoms with Gasteiger partial charge in [0.1, 0.15) is 0 Å². The van der Waals surface area contributed by atoms with Gasteiger partial charge in [-0.1, -0.05) is 12.1 Å². The van der Waals surface area contributed by atoms with E-state index in [1.807, 2.05) is 13.0 Å². The second-order valence-corrected chi connectivity index (χ2v) is 3.67. The molecule has 0 aliphatic carbocycles. The predicted molar refractivity (Wildman–Crippen MR) is 65.8 cm³/mol. The van der Waals surface area contributed by atoms with Crippen molar-refractivity contribution >= 4 is 0 Å². The molecule has 0 atom stereocenters. The fourth-order valence-corrected chi connectivity index (χ4v) is 1.55. The lowest BCUT2D eigenvalue weighted by Gasteiger charge is -2.11. The summed E-state index contributed by atoms with van der Waals surface area (Å²) in [4.78, 5) is 0. The zero-order valence-electron chi connectivity index (χ0n) is 10.2. The number of nitrogens with two attached hydrogens (primary N) is 1. The lowest BCUT2D eigenvalue weighted by atomic mass is 10.1. The van der Waals surface area contributed by atoms with Crippen molar-refractivity contribution < 1.29 is 13.9 Å². The summed E-state index contributed by atoms with van der Waals surface area (Å²) in [6, 6.07) is 4.92. The molecule has 96 valence electrons. The Morgan fingerprint density at radius 2 is 2.12 bits per heavy atom. The molecule has 0 bridgehead atoms. The molecule has 0 amide bonds. The highest BCUT2D eigenvalue weighted by atomic mass is 19.1. The Hall–Kier alpha value is -1.13. The van der Waals surface area contributed by atoms with Crippen molar-refractivity contribution in [2.24, 2.45) is 5.73 Å². The average molecular weight is 241 g/mol. The minimum atomic E-state index is -0.327. The molecule has 0 aliphatic rings. The Morgan fingerprint density at radius 3 is 2.82 bits per heavy atom. The topological polar surface area (TPSA) is 44.5 Å². The Labute approximate surface area is 102 Å². The first-order chi connectivity index (χ1) is 8.29. The summed E-state index contributed by atoms with van der Waals surface area (Å²) in [5.74, 6) is 0.00167. The summed E-state index contributed by atoms with van der Waals surface area (Å²) in [5, 5.41) is 0. The van der Waals surface area contributed by atoms with Gasteiger partial charge in [0.2, 0.25) is 0 Å². The zero-order valence-corrected chi connectivity index (χ0v) is 10.2. The number of rotatable bonds is 8. The van der Waals surface area contributed by atoms with Crippen LogP contribution in [0.25, 0.3) is 0 Å². The fraction of sp³-hybridized carbons (Fsp3) is 0.538. The van der Waals surface area contributed by atoms with Gasteiger partial charge in [0.15, 0.2) is 11.6 Å². The number of hydrogen-bond donors (Lipinski definition) is 1. The first-order valence-electron chi connectivity index (χ1n) is 5.97. The maximum absolute atomic E-state index is 13.6. The van der Waals surface area contributed by atoms with E-state index < -0.39 is 0 Å². The van der Waals surface area contributed by atoms with Gasteiger partial charge in [-0.05, 0) is 31.5 Å². The van der Waals surface area contributed by atoms with E-state index in [9.17, 15) is 4.39 Å². The number of para-hydroxylation sites is 1. The van der Waals surface area contributed by atoms with Gasteiger partial charge in [-0.3, -0.25) is 0 Å². The summed E-state index contributed by atoms with van der Waals surface area (Å²) >= 11 is 0. The number of benzene rings is 1. The first kappa shape index (κ1) is 13.9. The molecule has 1 aromatic rings. The molecule has 0 radical (unpaired) electrons. The summed E-state index contributed by atoms with van der Waals surface area (Å²) < 4.78 is 24.2. The Kier molecular flexibility index (Phi) is 6.58. The summed E-state index contributed by atoms with van der Waals surface area (Å²) in [5.41, 5.74) is 6.30. The molecular formula is C13H20FNO2. The molecule has 3 nitrogen and oxygen atoms in total. The second kappa shape index (κ2) is 8.03. The largest absolute Gasteiger partial charge is 0.490 e. The van der Waals surface area contributed by atoms with Crippen LogP contribution < -0.4 is 10.5 Å². The maximum atomic E-state index is 13.6. The fourth-order valence-electron chi connectivity index (χ4n) is 1.55. The van der Waals surface area contributed by atoms with Crippen LogP contribution in [-0.4, -0.2) is 26.4 Å². The molecule has 0 spiro atoms. The van der Waals surface area contributed by atoms with Crippen molar-refractivity contribution in [2.45, 2.75) is 19.8 Å². The van der Waals surface area contributed by atoms with Crippen LogP contribution >= 0.6 is 0 Å². The van der Waals surface area contributed by atoms with Crippen LogP contribution in [0.5, 0.6) is 5.75 Å². The summed E-state index contributed by atoms with van der Waals surface area (Å²) in [6.45, 7) is 4.21. The van der Waals surface area contributed by atoms with Crippen molar-refractivity contribution in [3.05, 3.63) is 29.6 Å². The molecule has 1 aromatic carbocycles. The van der Waals surface area contributed by atoms with Crippen LogP contribution in [0.4, 0.5) is 4.39 Å². The van der Waals surface area contributed by atoms with Crippen LogP contribution in [0.2, 0.25) is 0 Å². The predicted octanol–water partition coefficient (Wildman–Crippen LogP) is 2.13. The lowest BCUT2D eigenvalue weighted by Crippen LogP contribution is -2.08. The Balaban J connectivity index is 2.50. The number of halogens is 1. The van der Waals surface area contributed by atoms with Gasteiger partial charge in [-0.15, -0.1) is 0 Å². The van der Waals surface area contributed by atoms with Crippen molar-refractivity contribution in [1.82, 2.24) is 0 Å². The smallest absolute Gasteiger partial charge is 0.165 e. The highest BCUT2D eigenvalue weighted by Gasteiger charge is 2.08. The monoisotopic (exact) mass is 241 g/mol. The number of hydrogen-bond acceptors (Lipinski definition) is 3. The summed E-state index contributed by atoms with van der Waals surface area (Å²) in [7, 11) is 0. The van der Waals surface area contributed by atoms with Crippen molar-refractivity contribution in [2.75, 3.05) is 26.4 Å². The standard InChI is InChI=1S/C13H20FNO2/c1-2-16-9-4-10-17-13-11(7-8-15)5-3-6-12(13)14/h3,5-6H,2,4,7-10,15H2,1H3. The number of ether oxygens (including phenoxy) is 2. The lowest BCUT2D eigenvalue weighted by molar-refractivity contribution is 0.130. The van der Waals surface area contributed by atoms with Crippen molar-refractivity contribution in [3.8, 4) is 5.75 Å². The third kappa shape index (κ3) is 4.71. The molecule has 0 saturated carbocycles. The van der Waals surface area contributed by atoms with Gasteiger partial charge < -0.3 is 15.2 Å². The summed E-state index contributed by atoms with van der Waals surface area (Å²) in [6.07, 6.45) is 1.38. The SMILES string of the molecule is CCOCCCOc1c(F)cccc1CCN.